The molecule has 0 aromatic heterocycles. The largest absolute Gasteiger partial charge is 0.573 e. The highest BCUT2D eigenvalue weighted by Gasteiger charge is 2.31. The summed E-state index contributed by atoms with van der Waals surface area (Å²) < 4.78 is 88.6. The molecule has 0 saturated heterocycles. The molecule has 14 heteroatoms. The number of aryl methyl sites for hydroxylation is 1. The van der Waals surface area contributed by atoms with E-state index in [0.717, 1.165) is 46.9 Å². The van der Waals surface area contributed by atoms with Crippen LogP contribution in [0.4, 0.5) is 34.6 Å². The number of carbonyl (C=O) groups is 1. The van der Waals surface area contributed by atoms with Crippen molar-refractivity contribution in [2.24, 2.45) is 0 Å². The van der Waals surface area contributed by atoms with Gasteiger partial charge in [0.1, 0.15) is 23.0 Å². The van der Waals surface area contributed by atoms with Crippen molar-refractivity contribution in [1.82, 2.24) is 0 Å². The van der Waals surface area contributed by atoms with Crippen LogP contribution in [0.25, 0.3) is 0 Å². The maximum Gasteiger partial charge on any atom is 0.573 e. The lowest BCUT2D eigenvalue weighted by Crippen LogP contribution is -2.25. The maximum atomic E-state index is 13.4. The summed E-state index contributed by atoms with van der Waals surface area (Å²) in [6, 6.07) is 20.9. The molecule has 0 unspecified atom stereocenters. The van der Waals surface area contributed by atoms with E-state index in [1.807, 2.05) is 12.1 Å². The SMILES string of the molecule is O=C(Cc1ccc(O)c(N(c2ccc(F)cc2)S(=O)(=O)O)c1)Nc1ccc(SCCCc2ccc(OC(F)(F)F)cc2)cc1. The number of nitrogens with zero attached hydrogens (tertiary/aromatic N) is 1. The number of phenolic OH excluding ortho intramolecular Hbond substituents is 1. The van der Waals surface area contributed by atoms with Gasteiger partial charge in [-0.15, -0.1) is 24.9 Å². The van der Waals surface area contributed by atoms with E-state index in [4.69, 9.17) is 0 Å². The van der Waals surface area contributed by atoms with Gasteiger partial charge < -0.3 is 15.2 Å². The molecule has 4 aromatic rings. The molecule has 8 nitrogen and oxygen atoms in total. The number of benzene rings is 4. The average molecular weight is 651 g/mol. The summed E-state index contributed by atoms with van der Waals surface area (Å²) in [5, 5.41) is 13.1. The summed E-state index contributed by atoms with van der Waals surface area (Å²) in [7, 11) is -4.92. The van der Waals surface area contributed by atoms with Crippen LogP contribution in [-0.4, -0.2) is 36.1 Å². The van der Waals surface area contributed by atoms with E-state index in [1.165, 1.54) is 30.3 Å². The monoisotopic (exact) mass is 650 g/mol. The summed E-state index contributed by atoms with van der Waals surface area (Å²) >= 11 is 1.58. The lowest BCUT2D eigenvalue weighted by atomic mass is 10.1. The Balaban J connectivity index is 1.30. The molecule has 0 saturated carbocycles. The minimum atomic E-state index is -4.92. The molecule has 44 heavy (non-hydrogen) atoms. The molecular weight excluding hydrogens is 624 g/mol. The number of hydrogen-bond donors (Lipinski definition) is 3. The lowest BCUT2D eigenvalue weighted by molar-refractivity contribution is -0.274. The molecule has 0 aliphatic heterocycles. The molecule has 4 rings (SSSR count). The van der Waals surface area contributed by atoms with Gasteiger partial charge in [0.25, 0.3) is 0 Å². The number of alkyl halides is 3. The molecule has 4 aromatic carbocycles. The fourth-order valence-electron chi connectivity index (χ4n) is 4.16. The Hall–Kier alpha value is -4.27. The standard InChI is InChI=1S/C30H26F4N2O6S2/c31-22-6-10-24(11-7-22)36(44(39,40)41)27-18-21(5-16-28(27)37)19-29(38)35-23-8-14-26(15-9-23)43-17-1-2-20-3-12-25(13-4-20)42-30(32,33)34/h3-16,18,37H,1-2,17,19H2,(H,35,38)(H,39,40,41). The molecule has 0 fully saturated rings. The number of rotatable bonds is 12. The number of carbonyl (C=O) groups excluding carboxylic acids is 1. The summed E-state index contributed by atoms with van der Waals surface area (Å²) in [6.45, 7) is 0. The Bertz CT molecular complexity index is 1680. The van der Waals surface area contributed by atoms with Crippen molar-refractivity contribution in [3.05, 3.63) is 108 Å². The first-order valence-electron chi connectivity index (χ1n) is 13.0. The number of hydrogen-bond acceptors (Lipinski definition) is 6. The molecule has 0 spiro atoms. The van der Waals surface area contributed by atoms with Crippen LogP contribution in [0.3, 0.4) is 0 Å². The number of anilines is 3. The third-order valence-corrected chi connectivity index (χ3v) is 8.06. The molecule has 0 aliphatic carbocycles. The van der Waals surface area contributed by atoms with Gasteiger partial charge in [-0.2, -0.15) is 8.42 Å². The summed E-state index contributed by atoms with van der Waals surface area (Å²) in [5.74, 6) is -1.04. The van der Waals surface area contributed by atoms with Gasteiger partial charge in [0.2, 0.25) is 5.91 Å². The third-order valence-electron chi connectivity index (χ3n) is 6.09. The Kier molecular flexibility index (Phi) is 10.4. The first kappa shape index (κ1) is 32.6. The number of aromatic hydroxyl groups is 1. The minimum Gasteiger partial charge on any atom is -0.506 e. The van der Waals surface area contributed by atoms with Gasteiger partial charge in [0.15, 0.2) is 0 Å². The van der Waals surface area contributed by atoms with Crippen molar-refractivity contribution in [2.75, 3.05) is 15.4 Å². The van der Waals surface area contributed by atoms with Crippen LogP contribution < -0.4 is 14.4 Å². The van der Waals surface area contributed by atoms with Crippen LogP contribution in [-0.2, 0) is 27.9 Å². The molecule has 0 heterocycles. The second-order valence-corrected chi connectivity index (χ2v) is 11.9. The van der Waals surface area contributed by atoms with Crippen LogP contribution in [0.2, 0.25) is 0 Å². The van der Waals surface area contributed by atoms with Crippen molar-refractivity contribution in [3.8, 4) is 11.5 Å². The molecule has 0 aliphatic rings. The van der Waals surface area contributed by atoms with Crippen LogP contribution in [0, 0.1) is 5.82 Å². The number of thioether (sulfide) groups is 1. The predicted molar refractivity (Wildman–Crippen MR) is 159 cm³/mol. The number of nitrogens with one attached hydrogen (secondary N) is 1. The fourth-order valence-corrected chi connectivity index (χ4v) is 5.80. The Morgan fingerprint density at radius 3 is 2.16 bits per heavy atom. The molecule has 232 valence electrons. The van der Waals surface area contributed by atoms with Crippen LogP contribution in [0.15, 0.2) is 95.9 Å². The van der Waals surface area contributed by atoms with Crippen molar-refractivity contribution in [1.29, 1.82) is 0 Å². The predicted octanol–water partition coefficient (Wildman–Crippen LogP) is 7.28. The second kappa shape index (κ2) is 14.0. The van der Waals surface area contributed by atoms with Crippen LogP contribution in [0.5, 0.6) is 11.5 Å². The molecule has 0 atom stereocenters. The maximum absolute atomic E-state index is 13.4. The first-order chi connectivity index (χ1) is 20.8. The van der Waals surface area contributed by atoms with E-state index in [-0.39, 0.29) is 23.5 Å². The van der Waals surface area contributed by atoms with E-state index < -0.39 is 34.1 Å². The molecule has 0 bridgehead atoms. The molecule has 1 amide bonds. The van der Waals surface area contributed by atoms with Gasteiger partial charge in [-0.1, -0.05) is 18.2 Å². The van der Waals surface area contributed by atoms with Gasteiger partial charge in [0, 0.05) is 10.6 Å². The first-order valence-corrected chi connectivity index (χ1v) is 15.4. The van der Waals surface area contributed by atoms with Gasteiger partial charge in [-0.05, 0) is 103 Å². The Labute approximate surface area is 255 Å². The van der Waals surface area contributed by atoms with E-state index in [2.05, 4.69) is 10.1 Å². The van der Waals surface area contributed by atoms with E-state index in [0.29, 0.717) is 22.0 Å². The third kappa shape index (κ3) is 9.62. The zero-order valence-corrected chi connectivity index (χ0v) is 24.4. The van der Waals surface area contributed by atoms with Gasteiger partial charge in [-0.25, -0.2) is 8.70 Å². The zero-order valence-electron chi connectivity index (χ0n) is 22.8. The van der Waals surface area contributed by atoms with Gasteiger partial charge in [0.05, 0.1) is 12.1 Å². The number of phenols is 1. The van der Waals surface area contributed by atoms with E-state index in [1.54, 1.807) is 36.0 Å². The normalized spacial score (nSPS) is 11.7. The molecule has 0 radical (unpaired) electrons. The summed E-state index contributed by atoms with van der Waals surface area (Å²) in [6.07, 6.45) is -3.45. The Morgan fingerprint density at radius 2 is 1.55 bits per heavy atom. The van der Waals surface area contributed by atoms with Crippen LogP contribution in [0.1, 0.15) is 17.5 Å². The molecule has 3 N–H and O–H groups in total. The number of halogens is 4. The van der Waals surface area contributed by atoms with Crippen molar-refractivity contribution >= 4 is 45.0 Å². The smallest absolute Gasteiger partial charge is 0.506 e. The zero-order chi connectivity index (χ0) is 31.9. The Morgan fingerprint density at radius 1 is 0.909 bits per heavy atom. The highest BCUT2D eigenvalue weighted by molar-refractivity contribution is 7.99. The van der Waals surface area contributed by atoms with E-state index >= 15 is 0 Å². The van der Waals surface area contributed by atoms with E-state index in [9.17, 15) is 40.4 Å². The van der Waals surface area contributed by atoms with Crippen molar-refractivity contribution in [2.45, 2.75) is 30.5 Å². The number of ether oxygens (including phenoxy) is 1. The van der Waals surface area contributed by atoms with Gasteiger partial charge >= 0.3 is 16.7 Å². The van der Waals surface area contributed by atoms with Crippen LogP contribution >= 0.6 is 11.8 Å². The highest BCUT2D eigenvalue weighted by atomic mass is 32.2. The fraction of sp³-hybridized carbons (Fsp3) is 0.167. The van der Waals surface area contributed by atoms with Crippen molar-refractivity contribution in [3.63, 3.8) is 0 Å². The number of amides is 1. The topological polar surface area (TPSA) is 116 Å². The minimum absolute atomic E-state index is 0.127. The van der Waals surface area contributed by atoms with Gasteiger partial charge in [-0.3, -0.25) is 9.35 Å². The summed E-state index contributed by atoms with van der Waals surface area (Å²) in [4.78, 5) is 13.7. The quantitative estimate of drug-likeness (QED) is 0.0639. The lowest BCUT2D eigenvalue weighted by Gasteiger charge is -2.22. The van der Waals surface area contributed by atoms with Crippen molar-refractivity contribution < 1.29 is 45.2 Å². The second-order valence-electron chi connectivity index (χ2n) is 9.43. The highest BCUT2D eigenvalue weighted by Crippen LogP contribution is 2.36. The summed E-state index contributed by atoms with van der Waals surface area (Å²) in [5.41, 5.74) is 1.29. The average Bonchev–Trinajstić information content (AvgIpc) is 2.94. The molecular formula is C30H26F4N2O6S2.